The van der Waals surface area contributed by atoms with E-state index < -0.39 is 5.51 Å². The van der Waals surface area contributed by atoms with Crippen LogP contribution in [-0.4, -0.2) is 5.51 Å². The highest BCUT2D eigenvalue weighted by Crippen LogP contribution is 2.39. The van der Waals surface area contributed by atoms with Gasteiger partial charge in [-0.2, -0.15) is 13.2 Å². The van der Waals surface area contributed by atoms with Crippen LogP contribution in [0, 0.1) is 0 Å². The van der Waals surface area contributed by atoms with Crippen LogP contribution in [0.25, 0.3) is 0 Å². The van der Waals surface area contributed by atoms with Crippen molar-refractivity contribution in [2.75, 3.05) is 5.43 Å². The molecule has 0 bridgehead atoms. The molecule has 7 heteroatoms. The number of nitrogens with two attached hydrogens (primary N) is 1. The fourth-order valence-electron chi connectivity index (χ4n) is 0.974. The zero-order valence-corrected chi connectivity index (χ0v) is 9.01. The number of alkyl halides is 4. The summed E-state index contributed by atoms with van der Waals surface area (Å²) in [4.78, 5) is 0.0629. The lowest BCUT2D eigenvalue weighted by Crippen LogP contribution is -2.07. The van der Waals surface area contributed by atoms with E-state index in [2.05, 4.69) is 5.43 Å². The fraction of sp³-hybridized carbons (Fsp3) is 0.250. The molecule has 0 radical (unpaired) electrons. The van der Waals surface area contributed by atoms with Gasteiger partial charge < -0.3 is 5.43 Å². The molecule has 0 atom stereocenters. The zero-order valence-electron chi connectivity index (χ0n) is 7.44. The number of nitrogens with one attached hydrogen (secondary N) is 1. The summed E-state index contributed by atoms with van der Waals surface area (Å²) >= 11 is 5.33. The highest BCUT2D eigenvalue weighted by molar-refractivity contribution is 8.00. The van der Waals surface area contributed by atoms with E-state index in [4.69, 9.17) is 17.4 Å². The van der Waals surface area contributed by atoms with Crippen LogP contribution in [0.4, 0.5) is 18.9 Å². The third-order valence-corrected chi connectivity index (χ3v) is 2.72. The molecule has 0 spiro atoms. The van der Waals surface area contributed by atoms with E-state index in [0.717, 1.165) is 0 Å². The molecule has 0 heterocycles. The highest BCUT2D eigenvalue weighted by Gasteiger charge is 2.30. The Morgan fingerprint density at radius 2 is 2.07 bits per heavy atom. The summed E-state index contributed by atoms with van der Waals surface area (Å²) in [6.45, 7) is 0. The monoisotopic (exact) mass is 256 g/mol. The van der Waals surface area contributed by atoms with E-state index >= 15 is 0 Å². The van der Waals surface area contributed by atoms with Gasteiger partial charge in [-0.3, -0.25) is 5.84 Å². The van der Waals surface area contributed by atoms with Crippen molar-refractivity contribution in [2.24, 2.45) is 5.84 Å². The lowest BCUT2D eigenvalue weighted by molar-refractivity contribution is -0.0328. The van der Waals surface area contributed by atoms with E-state index in [9.17, 15) is 13.2 Å². The molecular weight excluding hydrogens is 249 g/mol. The number of nitrogen functional groups attached to an aromatic ring is 1. The van der Waals surface area contributed by atoms with Gasteiger partial charge in [-0.25, -0.2) is 0 Å². The van der Waals surface area contributed by atoms with Crippen LogP contribution in [0.5, 0.6) is 0 Å². The number of halogens is 4. The molecule has 0 aliphatic rings. The summed E-state index contributed by atoms with van der Waals surface area (Å²) in [5.41, 5.74) is -1.20. The SMILES string of the molecule is NNc1ccc(CCl)c(SC(F)(F)F)c1. The number of rotatable bonds is 3. The summed E-state index contributed by atoms with van der Waals surface area (Å²) in [5, 5.41) is 0. The van der Waals surface area contributed by atoms with Gasteiger partial charge in [-0.1, -0.05) is 6.07 Å². The molecule has 84 valence electrons. The van der Waals surface area contributed by atoms with Crippen molar-refractivity contribution < 1.29 is 13.2 Å². The second kappa shape index (κ2) is 4.96. The molecule has 0 amide bonds. The minimum absolute atomic E-state index is 0.0310. The van der Waals surface area contributed by atoms with Crippen LogP contribution >= 0.6 is 23.4 Å². The first-order chi connectivity index (χ1) is 6.96. The van der Waals surface area contributed by atoms with Crippen molar-refractivity contribution in [1.29, 1.82) is 0 Å². The van der Waals surface area contributed by atoms with Crippen LogP contribution in [0.2, 0.25) is 0 Å². The van der Waals surface area contributed by atoms with Crippen molar-refractivity contribution in [1.82, 2.24) is 0 Å². The van der Waals surface area contributed by atoms with Crippen LogP contribution < -0.4 is 11.3 Å². The first kappa shape index (κ1) is 12.5. The van der Waals surface area contributed by atoms with E-state index in [-0.39, 0.29) is 22.5 Å². The molecule has 0 aromatic heterocycles. The number of hydrogen-bond acceptors (Lipinski definition) is 3. The van der Waals surface area contributed by atoms with Crippen molar-refractivity contribution in [2.45, 2.75) is 16.3 Å². The molecule has 2 nitrogen and oxygen atoms in total. The number of hydrogen-bond donors (Lipinski definition) is 2. The third-order valence-electron chi connectivity index (χ3n) is 1.60. The topological polar surface area (TPSA) is 38.0 Å². The van der Waals surface area contributed by atoms with Gasteiger partial charge in [0, 0.05) is 16.5 Å². The number of anilines is 1. The Bertz CT molecular complexity index is 343. The summed E-state index contributed by atoms with van der Waals surface area (Å²) in [6, 6.07) is 4.39. The molecule has 15 heavy (non-hydrogen) atoms. The minimum Gasteiger partial charge on any atom is -0.324 e. The third kappa shape index (κ3) is 3.81. The second-order valence-electron chi connectivity index (χ2n) is 2.65. The van der Waals surface area contributed by atoms with Gasteiger partial charge in [0.25, 0.3) is 0 Å². The van der Waals surface area contributed by atoms with Crippen LogP contribution in [0.15, 0.2) is 23.1 Å². The van der Waals surface area contributed by atoms with Gasteiger partial charge in [0.05, 0.1) is 0 Å². The van der Waals surface area contributed by atoms with Gasteiger partial charge in [-0.05, 0) is 29.5 Å². The Morgan fingerprint density at radius 3 is 2.53 bits per heavy atom. The molecule has 0 unspecified atom stereocenters. The van der Waals surface area contributed by atoms with Gasteiger partial charge in [-0.15, -0.1) is 11.6 Å². The van der Waals surface area contributed by atoms with Gasteiger partial charge in [0.1, 0.15) is 0 Å². The largest absolute Gasteiger partial charge is 0.446 e. The van der Waals surface area contributed by atoms with Crippen LogP contribution in [0.3, 0.4) is 0 Å². The Balaban J connectivity index is 3.01. The Kier molecular flexibility index (Phi) is 4.12. The predicted octanol–water partition coefficient (Wildman–Crippen LogP) is 3.32. The molecule has 0 aliphatic heterocycles. The molecule has 0 saturated heterocycles. The van der Waals surface area contributed by atoms with E-state index in [1.54, 1.807) is 6.07 Å². The summed E-state index contributed by atoms with van der Waals surface area (Å²) < 4.78 is 36.5. The minimum atomic E-state index is -4.33. The predicted molar refractivity (Wildman–Crippen MR) is 55.7 cm³/mol. The van der Waals surface area contributed by atoms with E-state index in [1.807, 2.05) is 0 Å². The fourth-order valence-corrected chi connectivity index (χ4v) is 1.99. The normalized spacial score (nSPS) is 11.5. The molecule has 1 rings (SSSR count). The first-order valence-electron chi connectivity index (χ1n) is 3.87. The van der Waals surface area contributed by atoms with E-state index in [1.165, 1.54) is 12.1 Å². The number of hydrazine groups is 1. The number of thioether (sulfide) groups is 1. The molecule has 3 N–H and O–H groups in total. The van der Waals surface area contributed by atoms with Crippen molar-refractivity contribution in [3.05, 3.63) is 23.8 Å². The quantitative estimate of drug-likeness (QED) is 0.377. The van der Waals surface area contributed by atoms with Crippen LogP contribution in [0.1, 0.15) is 5.56 Å². The van der Waals surface area contributed by atoms with Gasteiger partial charge in [0.15, 0.2) is 0 Å². The maximum atomic E-state index is 12.2. The number of benzene rings is 1. The highest BCUT2D eigenvalue weighted by atomic mass is 35.5. The average molecular weight is 257 g/mol. The first-order valence-corrected chi connectivity index (χ1v) is 5.22. The maximum Gasteiger partial charge on any atom is 0.446 e. The Morgan fingerprint density at radius 1 is 1.40 bits per heavy atom. The lowest BCUT2D eigenvalue weighted by atomic mass is 10.2. The standard InChI is InChI=1S/C8H8ClF3N2S/c9-4-5-1-2-6(14-13)3-7(5)15-8(10,11)12/h1-3,14H,4,13H2. The van der Waals surface area contributed by atoms with Crippen molar-refractivity contribution >= 4 is 29.1 Å². The van der Waals surface area contributed by atoms with Gasteiger partial charge >= 0.3 is 5.51 Å². The van der Waals surface area contributed by atoms with E-state index in [0.29, 0.717) is 11.3 Å². The zero-order chi connectivity index (χ0) is 11.5. The van der Waals surface area contributed by atoms with Crippen molar-refractivity contribution in [3.63, 3.8) is 0 Å². The van der Waals surface area contributed by atoms with Crippen LogP contribution in [-0.2, 0) is 5.88 Å². The molecule has 0 saturated carbocycles. The summed E-state index contributed by atoms with van der Waals surface area (Å²) in [6.07, 6.45) is 0. The second-order valence-corrected chi connectivity index (χ2v) is 4.02. The molecular formula is C8H8ClF3N2S. The Labute approximate surface area is 93.9 Å². The summed E-state index contributed by atoms with van der Waals surface area (Å²) in [5.74, 6) is 5.13. The molecule has 0 aliphatic carbocycles. The smallest absolute Gasteiger partial charge is 0.324 e. The lowest BCUT2D eigenvalue weighted by Gasteiger charge is -2.11. The average Bonchev–Trinajstić information content (AvgIpc) is 2.15. The molecule has 1 aromatic carbocycles. The van der Waals surface area contributed by atoms with Crippen molar-refractivity contribution in [3.8, 4) is 0 Å². The molecule has 0 fully saturated rings. The van der Waals surface area contributed by atoms with Gasteiger partial charge in [0.2, 0.25) is 0 Å². The maximum absolute atomic E-state index is 12.2. The summed E-state index contributed by atoms with van der Waals surface area (Å²) in [7, 11) is 0. The molecule has 1 aromatic rings. The Hall–Kier alpha value is -0.590.